The molecule has 0 saturated carbocycles. The van der Waals surface area contributed by atoms with E-state index < -0.39 is 11.8 Å². The van der Waals surface area contributed by atoms with E-state index >= 15 is 0 Å². The summed E-state index contributed by atoms with van der Waals surface area (Å²) in [5.74, 6) is 2.98. The lowest BCUT2D eigenvalue weighted by Gasteiger charge is -2.07. The quantitative estimate of drug-likeness (QED) is 0.576. The van der Waals surface area contributed by atoms with Crippen molar-refractivity contribution < 1.29 is 24.6 Å². The van der Waals surface area contributed by atoms with Crippen LogP contribution < -0.4 is 10.7 Å². The van der Waals surface area contributed by atoms with E-state index in [9.17, 15) is 14.7 Å². The number of carbonyl (C=O) groups excluding carboxylic acids is 1. The van der Waals surface area contributed by atoms with Crippen LogP contribution in [0.3, 0.4) is 0 Å². The van der Waals surface area contributed by atoms with Crippen molar-refractivity contribution in [3.05, 3.63) is 59.2 Å². The standard InChI is InChI=1S/C14H11NO5/c15-20-12-6-5-8(7-10(12)14(18)19)13(17)9-3-1-2-4-11(9)16/h1-7,16H,15H2,(H,18,19). The largest absolute Gasteiger partial charge is 0.507 e. The summed E-state index contributed by atoms with van der Waals surface area (Å²) in [4.78, 5) is 27.7. The molecule has 0 amide bonds. The van der Waals surface area contributed by atoms with Crippen LogP contribution in [0.1, 0.15) is 26.3 Å². The minimum Gasteiger partial charge on any atom is -0.507 e. The number of para-hydroxylation sites is 1. The number of aromatic hydroxyl groups is 1. The Hall–Kier alpha value is -2.86. The Balaban J connectivity index is 2.49. The van der Waals surface area contributed by atoms with Crippen molar-refractivity contribution >= 4 is 11.8 Å². The first-order valence-electron chi connectivity index (χ1n) is 5.61. The number of aromatic carboxylic acids is 1. The van der Waals surface area contributed by atoms with Gasteiger partial charge in [0.1, 0.15) is 11.3 Å². The average molecular weight is 273 g/mol. The zero-order chi connectivity index (χ0) is 14.7. The Morgan fingerprint density at radius 2 is 1.75 bits per heavy atom. The van der Waals surface area contributed by atoms with Gasteiger partial charge in [0.05, 0.1) is 5.56 Å². The summed E-state index contributed by atoms with van der Waals surface area (Å²) in [6.07, 6.45) is 0. The van der Waals surface area contributed by atoms with Crippen LogP contribution in [0.15, 0.2) is 42.5 Å². The molecule has 4 N–H and O–H groups in total. The van der Waals surface area contributed by atoms with Crippen molar-refractivity contribution in [3.8, 4) is 11.5 Å². The van der Waals surface area contributed by atoms with Crippen molar-refractivity contribution in [1.82, 2.24) is 0 Å². The summed E-state index contributed by atoms with van der Waals surface area (Å²) in [6, 6.07) is 9.83. The second kappa shape index (κ2) is 5.41. The molecule has 0 spiro atoms. The fourth-order valence-corrected chi connectivity index (χ4v) is 1.76. The number of hydrogen-bond acceptors (Lipinski definition) is 5. The van der Waals surface area contributed by atoms with Gasteiger partial charge in [-0.15, -0.1) is 0 Å². The molecule has 0 radical (unpaired) electrons. The van der Waals surface area contributed by atoms with Crippen molar-refractivity contribution in [1.29, 1.82) is 0 Å². The number of phenolic OH excluding ortho intramolecular Hbond substituents is 1. The minimum atomic E-state index is -1.27. The monoisotopic (exact) mass is 273 g/mol. The Kier molecular flexibility index (Phi) is 3.67. The molecule has 0 unspecified atom stereocenters. The van der Waals surface area contributed by atoms with E-state index in [0.29, 0.717) is 0 Å². The first-order valence-corrected chi connectivity index (χ1v) is 5.61. The van der Waals surface area contributed by atoms with Gasteiger partial charge in [0.2, 0.25) is 0 Å². The Labute approximate surface area is 114 Å². The van der Waals surface area contributed by atoms with Crippen LogP contribution in [0, 0.1) is 0 Å². The van der Waals surface area contributed by atoms with Crippen LogP contribution >= 0.6 is 0 Å². The highest BCUT2D eigenvalue weighted by Gasteiger charge is 2.18. The highest BCUT2D eigenvalue weighted by molar-refractivity contribution is 6.11. The summed E-state index contributed by atoms with van der Waals surface area (Å²) < 4.78 is 0. The van der Waals surface area contributed by atoms with Crippen molar-refractivity contribution in [2.75, 3.05) is 0 Å². The third-order valence-corrected chi connectivity index (χ3v) is 2.75. The molecule has 2 aromatic carbocycles. The predicted molar refractivity (Wildman–Crippen MR) is 69.8 cm³/mol. The summed E-state index contributed by atoms with van der Waals surface area (Å²) in [7, 11) is 0. The van der Waals surface area contributed by atoms with E-state index in [4.69, 9.17) is 11.0 Å². The molecule has 0 heterocycles. The predicted octanol–water partition coefficient (Wildman–Crippen LogP) is 1.57. The van der Waals surface area contributed by atoms with Crippen LogP contribution in [0.4, 0.5) is 0 Å². The number of ketones is 1. The first-order chi connectivity index (χ1) is 9.54. The molecule has 0 aliphatic carbocycles. The van der Waals surface area contributed by atoms with Crippen LogP contribution in [0.2, 0.25) is 0 Å². The van der Waals surface area contributed by atoms with E-state index in [1.807, 2.05) is 0 Å². The van der Waals surface area contributed by atoms with Crippen LogP contribution in [-0.4, -0.2) is 22.0 Å². The summed E-state index contributed by atoms with van der Waals surface area (Å²) in [5.41, 5.74) is -0.0243. The summed E-state index contributed by atoms with van der Waals surface area (Å²) in [6.45, 7) is 0. The maximum atomic E-state index is 12.2. The molecule has 0 aromatic heterocycles. The molecule has 20 heavy (non-hydrogen) atoms. The minimum absolute atomic E-state index is 0.0497. The molecule has 6 nitrogen and oxygen atoms in total. The summed E-state index contributed by atoms with van der Waals surface area (Å²) in [5, 5.41) is 18.7. The fourth-order valence-electron chi connectivity index (χ4n) is 1.76. The number of carboxylic acids is 1. The zero-order valence-electron chi connectivity index (χ0n) is 10.2. The van der Waals surface area contributed by atoms with Gasteiger partial charge in [-0.25, -0.2) is 4.79 Å². The van der Waals surface area contributed by atoms with Gasteiger partial charge >= 0.3 is 5.97 Å². The van der Waals surface area contributed by atoms with Crippen molar-refractivity contribution in [3.63, 3.8) is 0 Å². The Bertz CT molecular complexity index is 681. The van der Waals surface area contributed by atoms with Gasteiger partial charge in [-0.3, -0.25) is 4.79 Å². The highest BCUT2D eigenvalue weighted by Crippen LogP contribution is 2.24. The first kappa shape index (κ1) is 13.6. The SMILES string of the molecule is NOc1ccc(C(=O)c2ccccc2O)cc1C(=O)O. The Morgan fingerprint density at radius 1 is 1.05 bits per heavy atom. The number of phenols is 1. The normalized spacial score (nSPS) is 10.1. The number of hydrogen-bond donors (Lipinski definition) is 3. The number of rotatable bonds is 4. The van der Waals surface area contributed by atoms with Gasteiger partial charge < -0.3 is 15.1 Å². The van der Waals surface area contributed by atoms with E-state index in [2.05, 4.69) is 4.84 Å². The highest BCUT2D eigenvalue weighted by atomic mass is 16.6. The lowest BCUT2D eigenvalue weighted by molar-refractivity contribution is 0.0692. The molecule has 0 atom stereocenters. The molecule has 0 bridgehead atoms. The van der Waals surface area contributed by atoms with E-state index in [0.717, 1.165) is 6.07 Å². The number of carboxylic acid groups (broad SMARTS) is 1. The van der Waals surface area contributed by atoms with Crippen LogP contribution in [-0.2, 0) is 0 Å². The number of nitrogens with two attached hydrogens (primary N) is 1. The second-order valence-electron chi connectivity index (χ2n) is 3.98. The molecular formula is C14H11NO5. The van der Waals surface area contributed by atoms with E-state index in [-0.39, 0.29) is 28.2 Å². The number of benzene rings is 2. The van der Waals surface area contributed by atoms with Crippen molar-refractivity contribution in [2.45, 2.75) is 0 Å². The van der Waals surface area contributed by atoms with Gasteiger partial charge in [0.15, 0.2) is 11.5 Å². The number of carbonyl (C=O) groups is 2. The molecule has 0 aliphatic rings. The van der Waals surface area contributed by atoms with E-state index in [1.165, 1.54) is 24.3 Å². The van der Waals surface area contributed by atoms with Crippen LogP contribution in [0.25, 0.3) is 0 Å². The second-order valence-corrected chi connectivity index (χ2v) is 3.98. The molecule has 6 heteroatoms. The fraction of sp³-hybridized carbons (Fsp3) is 0. The topological polar surface area (TPSA) is 110 Å². The van der Waals surface area contributed by atoms with Crippen molar-refractivity contribution in [2.24, 2.45) is 5.90 Å². The maximum absolute atomic E-state index is 12.2. The van der Waals surface area contributed by atoms with Gasteiger partial charge in [-0.05, 0) is 30.3 Å². The smallest absolute Gasteiger partial charge is 0.339 e. The van der Waals surface area contributed by atoms with Gasteiger partial charge in [0, 0.05) is 5.56 Å². The third-order valence-electron chi connectivity index (χ3n) is 2.75. The average Bonchev–Trinajstić information content (AvgIpc) is 2.46. The molecule has 0 saturated heterocycles. The molecule has 0 fully saturated rings. The molecule has 0 aliphatic heterocycles. The lowest BCUT2D eigenvalue weighted by atomic mass is 10.00. The molecule has 102 valence electrons. The lowest BCUT2D eigenvalue weighted by Crippen LogP contribution is -2.10. The van der Waals surface area contributed by atoms with Gasteiger partial charge in [-0.1, -0.05) is 12.1 Å². The molecular weight excluding hydrogens is 262 g/mol. The third kappa shape index (κ3) is 2.45. The summed E-state index contributed by atoms with van der Waals surface area (Å²) >= 11 is 0. The zero-order valence-corrected chi connectivity index (χ0v) is 10.2. The molecule has 2 rings (SSSR count). The van der Waals surface area contributed by atoms with Gasteiger partial charge in [-0.2, -0.15) is 5.90 Å². The van der Waals surface area contributed by atoms with Gasteiger partial charge in [0.25, 0.3) is 0 Å². The maximum Gasteiger partial charge on any atom is 0.339 e. The van der Waals surface area contributed by atoms with Crippen LogP contribution in [0.5, 0.6) is 11.5 Å². The Morgan fingerprint density at radius 3 is 2.35 bits per heavy atom. The molecule has 2 aromatic rings. The van der Waals surface area contributed by atoms with E-state index in [1.54, 1.807) is 12.1 Å².